The molecule has 0 spiro atoms. The Morgan fingerprint density at radius 2 is 2.05 bits per heavy atom. The van der Waals surface area contributed by atoms with Crippen LogP contribution in [-0.4, -0.2) is 20.9 Å². The van der Waals surface area contributed by atoms with Gasteiger partial charge in [0.2, 0.25) is 0 Å². The smallest absolute Gasteiger partial charge is 0.271 e. The number of aryl methyl sites for hydroxylation is 1. The van der Waals surface area contributed by atoms with Gasteiger partial charge >= 0.3 is 0 Å². The monoisotopic (exact) mass is 310 g/mol. The quantitative estimate of drug-likeness (QED) is 0.804. The minimum atomic E-state index is -0.188. The molecule has 5 nitrogen and oxygen atoms in total. The molecule has 0 aliphatic heterocycles. The summed E-state index contributed by atoms with van der Waals surface area (Å²) in [6, 6.07) is 8.05. The van der Waals surface area contributed by atoms with Gasteiger partial charge in [0.1, 0.15) is 16.4 Å². The molecule has 0 aliphatic rings. The molecule has 3 aromatic rings. The summed E-state index contributed by atoms with van der Waals surface area (Å²) in [7, 11) is 0. The lowest BCUT2D eigenvalue weighted by Crippen LogP contribution is -2.23. The molecule has 0 saturated heterocycles. The zero-order valence-corrected chi connectivity index (χ0v) is 12.8. The highest BCUT2D eigenvalue weighted by atomic mass is 32.1. The predicted molar refractivity (Wildman–Crippen MR) is 85.5 cm³/mol. The van der Waals surface area contributed by atoms with Gasteiger partial charge in [-0.25, -0.2) is 4.98 Å². The average molecular weight is 310 g/mol. The summed E-state index contributed by atoms with van der Waals surface area (Å²) in [6.45, 7) is 2.52. The van der Waals surface area contributed by atoms with E-state index in [2.05, 4.69) is 20.3 Å². The van der Waals surface area contributed by atoms with Gasteiger partial charge in [-0.15, -0.1) is 11.3 Å². The second-order valence-corrected chi connectivity index (χ2v) is 5.65. The zero-order valence-electron chi connectivity index (χ0n) is 12.0. The number of rotatable bonds is 4. The molecule has 6 heteroatoms. The van der Waals surface area contributed by atoms with Gasteiger partial charge in [0.15, 0.2) is 0 Å². The number of hydrogen-bond donors (Lipinski definition) is 1. The van der Waals surface area contributed by atoms with Gasteiger partial charge in [0.05, 0.1) is 6.20 Å². The van der Waals surface area contributed by atoms with Gasteiger partial charge in [-0.2, -0.15) is 0 Å². The Morgan fingerprint density at radius 1 is 1.23 bits per heavy atom. The molecule has 0 saturated carbocycles. The van der Waals surface area contributed by atoms with Crippen LogP contribution in [0.25, 0.3) is 10.7 Å². The summed E-state index contributed by atoms with van der Waals surface area (Å²) in [4.78, 5) is 24.6. The van der Waals surface area contributed by atoms with Gasteiger partial charge in [0.25, 0.3) is 5.91 Å². The highest BCUT2D eigenvalue weighted by molar-refractivity contribution is 7.13. The number of amides is 1. The Balaban J connectivity index is 1.66. The Bertz CT molecular complexity index is 768. The fourth-order valence-electron chi connectivity index (χ4n) is 1.88. The number of benzene rings is 1. The number of carbonyl (C=O) groups is 1. The van der Waals surface area contributed by atoms with Crippen molar-refractivity contribution >= 4 is 17.2 Å². The molecule has 22 heavy (non-hydrogen) atoms. The number of nitrogens with one attached hydrogen (secondary N) is 1. The van der Waals surface area contributed by atoms with Crippen LogP contribution in [0.3, 0.4) is 0 Å². The third-order valence-corrected chi connectivity index (χ3v) is 3.96. The summed E-state index contributed by atoms with van der Waals surface area (Å²) in [5.74, 6) is -0.188. The zero-order chi connectivity index (χ0) is 15.4. The van der Waals surface area contributed by atoms with Crippen LogP contribution in [-0.2, 0) is 6.54 Å². The average Bonchev–Trinajstić information content (AvgIpc) is 3.05. The summed E-state index contributed by atoms with van der Waals surface area (Å²) in [5, 5.41) is 5.29. The van der Waals surface area contributed by atoms with E-state index in [1.165, 1.54) is 16.9 Å². The van der Waals surface area contributed by atoms with E-state index in [1.807, 2.05) is 31.2 Å². The van der Waals surface area contributed by atoms with Crippen LogP contribution >= 0.6 is 11.3 Å². The third-order valence-electron chi connectivity index (χ3n) is 3.09. The molecule has 110 valence electrons. The summed E-state index contributed by atoms with van der Waals surface area (Å²) in [5.41, 5.74) is 3.33. The molecule has 1 amide bonds. The first-order valence-electron chi connectivity index (χ1n) is 6.78. The van der Waals surface area contributed by atoms with E-state index in [4.69, 9.17) is 0 Å². The van der Waals surface area contributed by atoms with E-state index in [0.29, 0.717) is 22.9 Å². The van der Waals surface area contributed by atoms with Crippen LogP contribution in [0.2, 0.25) is 0 Å². The van der Waals surface area contributed by atoms with Crippen molar-refractivity contribution in [1.29, 1.82) is 0 Å². The molecule has 0 atom stereocenters. The van der Waals surface area contributed by atoms with Crippen LogP contribution in [0, 0.1) is 6.92 Å². The Hall–Kier alpha value is -2.60. The van der Waals surface area contributed by atoms with Crippen molar-refractivity contribution in [1.82, 2.24) is 20.3 Å². The van der Waals surface area contributed by atoms with E-state index in [9.17, 15) is 4.79 Å². The standard InChI is InChI=1S/C16H14N4OS/c1-11-2-4-12(5-3-11)8-19-15(21)14-10-22-16(20-14)13-9-17-6-7-18-13/h2-7,9-10H,8H2,1H3,(H,19,21). The minimum absolute atomic E-state index is 0.188. The van der Waals surface area contributed by atoms with Crippen molar-refractivity contribution in [3.63, 3.8) is 0 Å². The number of nitrogens with zero attached hydrogens (tertiary/aromatic N) is 3. The molecule has 0 bridgehead atoms. The fourth-order valence-corrected chi connectivity index (χ4v) is 2.64. The number of carbonyl (C=O) groups excluding carboxylic acids is 1. The first-order valence-corrected chi connectivity index (χ1v) is 7.66. The molecule has 2 heterocycles. The number of thiazole rings is 1. The van der Waals surface area contributed by atoms with E-state index in [0.717, 1.165) is 5.56 Å². The lowest BCUT2D eigenvalue weighted by molar-refractivity contribution is 0.0946. The van der Waals surface area contributed by atoms with Crippen molar-refractivity contribution < 1.29 is 4.79 Å². The van der Waals surface area contributed by atoms with E-state index >= 15 is 0 Å². The number of aromatic nitrogens is 3. The van der Waals surface area contributed by atoms with Crippen LogP contribution in [0.4, 0.5) is 0 Å². The third kappa shape index (κ3) is 3.35. The Labute approximate surface area is 132 Å². The van der Waals surface area contributed by atoms with Crippen molar-refractivity contribution in [2.45, 2.75) is 13.5 Å². The maximum Gasteiger partial charge on any atom is 0.271 e. The van der Waals surface area contributed by atoms with Crippen LogP contribution in [0.1, 0.15) is 21.6 Å². The van der Waals surface area contributed by atoms with Crippen molar-refractivity contribution in [2.24, 2.45) is 0 Å². The molecule has 0 unspecified atom stereocenters. The molecule has 1 aromatic carbocycles. The van der Waals surface area contributed by atoms with E-state index in [-0.39, 0.29) is 5.91 Å². The summed E-state index contributed by atoms with van der Waals surface area (Å²) >= 11 is 1.38. The second kappa shape index (κ2) is 6.44. The van der Waals surface area contributed by atoms with Crippen molar-refractivity contribution in [3.8, 4) is 10.7 Å². The van der Waals surface area contributed by atoms with E-state index < -0.39 is 0 Å². The van der Waals surface area contributed by atoms with Gasteiger partial charge in [-0.1, -0.05) is 29.8 Å². The van der Waals surface area contributed by atoms with Crippen LogP contribution < -0.4 is 5.32 Å². The van der Waals surface area contributed by atoms with Crippen molar-refractivity contribution in [2.75, 3.05) is 0 Å². The molecule has 2 aromatic heterocycles. The molecule has 3 rings (SSSR count). The molecular weight excluding hydrogens is 296 g/mol. The summed E-state index contributed by atoms with van der Waals surface area (Å²) in [6.07, 6.45) is 4.84. The number of hydrogen-bond acceptors (Lipinski definition) is 5. The predicted octanol–water partition coefficient (Wildman–Crippen LogP) is 2.84. The normalized spacial score (nSPS) is 10.4. The molecule has 0 fully saturated rings. The van der Waals surface area contributed by atoms with Gasteiger partial charge in [-0.3, -0.25) is 14.8 Å². The fraction of sp³-hybridized carbons (Fsp3) is 0.125. The maximum absolute atomic E-state index is 12.1. The Morgan fingerprint density at radius 3 is 2.77 bits per heavy atom. The largest absolute Gasteiger partial charge is 0.347 e. The minimum Gasteiger partial charge on any atom is -0.347 e. The van der Waals surface area contributed by atoms with E-state index in [1.54, 1.807) is 24.0 Å². The lowest BCUT2D eigenvalue weighted by Gasteiger charge is -2.03. The first kappa shape index (κ1) is 14.3. The second-order valence-electron chi connectivity index (χ2n) is 4.80. The van der Waals surface area contributed by atoms with Gasteiger partial charge in [0, 0.05) is 24.3 Å². The highest BCUT2D eigenvalue weighted by Gasteiger charge is 2.12. The topological polar surface area (TPSA) is 67.8 Å². The Kier molecular flexibility index (Phi) is 4.20. The molecule has 0 aliphatic carbocycles. The molecule has 0 radical (unpaired) electrons. The highest BCUT2D eigenvalue weighted by Crippen LogP contribution is 2.20. The van der Waals surface area contributed by atoms with Crippen LogP contribution in [0.15, 0.2) is 48.2 Å². The first-order chi connectivity index (χ1) is 10.7. The summed E-state index contributed by atoms with van der Waals surface area (Å²) < 4.78 is 0. The SMILES string of the molecule is Cc1ccc(CNC(=O)c2csc(-c3cnccn3)n2)cc1. The lowest BCUT2D eigenvalue weighted by atomic mass is 10.1. The molecular formula is C16H14N4OS. The van der Waals surface area contributed by atoms with Crippen molar-refractivity contribution in [3.05, 3.63) is 65.1 Å². The molecule has 1 N–H and O–H groups in total. The van der Waals surface area contributed by atoms with Crippen LogP contribution in [0.5, 0.6) is 0 Å². The van der Waals surface area contributed by atoms with Gasteiger partial charge in [-0.05, 0) is 12.5 Å². The van der Waals surface area contributed by atoms with Gasteiger partial charge < -0.3 is 5.32 Å². The maximum atomic E-state index is 12.1.